The lowest BCUT2D eigenvalue weighted by molar-refractivity contribution is -0.118. The van der Waals surface area contributed by atoms with Crippen LogP contribution in [-0.2, 0) is 4.79 Å². The molecule has 1 N–H and O–H groups in total. The van der Waals surface area contributed by atoms with Crippen LogP contribution in [0.3, 0.4) is 0 Å². The molecule has 2 heterocycles. The van der Waals surface area contributed by atoms with E-state index in [4.69, 9.17) is 0 Å². The van der Waals surface area contributed by atoms with Crippen LogP contribution >= 0.6 is 11.8 Å². The monoisotopic (exact) mass is 269 g/mol. The molecule has 1 saturated heterocycles. The molecule has 1 aliphatic heterocycles. The molecule has 0 radical (unpaired) electrons. The van der Waals surface area contributed by atoms with E-state index in [1.165, 1.54) is 11.8 Å². The van der Waals surface area contributed by atoms with E-state index in [1.807, 2.05) is 42.5 Å². The zero-order chi connectivity index (χ0) is 13.1. The molecule has 94 valence electrons. The Morgan fingerprint density at radius 3 is 2.74 bits per heavy atom. The van der Waals surface area contributed by atoms with Crippen LogP contribution in [0.15, 0.2) is 59.9 Å². The highest BCUT2D eigenvalue weighted by molar-refractivity contribution is 8.15. The number of benzene rings is 1. The Balaban J connectivity index is 1.83. The summed E-state index contributed by atoms with van der Waals surface area (Å²) >= 11 is 1.43. The number of pyridine rings is 1. The van der Waals surface area contributed by atoms with E-state index >= 15 is 0 Å². The van der Waals surface area contributed by atoms with Gasteiger partial charge in [-0.1, -0.05) is 42.1 Å². The lowest BCUT2D eigenvalue weighted by Crippen LogP contribution is -2.21. The molecule has 2 aromatic rings. The van der Waals surface area contributed by atoms with Crippen LogP contribution in [0, 0.1) is 0 Å². The average molecular weight is 269 g/mol. The third kappa shape index (κ3) is 2.66. The fourth-order valence-corrected chi connectivity index (χ4v) is 2.80. The second-order valence-electron chi connectivity index (χ2n) is 4.03. The largest absolute Gasteiger partial charge is 0.304 e. The number of aliphatic imine (C=N–C) groups is 1. The van der Waals surface area contributed by atoms with Gasteiger partial charge in [-0.25, -0.2) is 4.99 Å². The van der Waals surface area contributed by atoms with E-state index in [0.29, 0.717) is 5.17 Å². The minimum absolute atomic E-state index is 0.0289. The summed E-state index contributed by atoms with van der Waals surface area (Å²) < 4.78 is 0. The molecule has 1 unspecified atom stereocenters. The van der Waals surface area contributed by atoms with Crippen molar-refractivity contribution in [3.63, 3.8) is 0 Å². The Kier molecular flexibility index (Phi) is 3.29. The summed E-state index contributed by atoms with van der Waals surface area (Å²) in [5, 5.41) is 3.19. The minimum Gasteiger partial charge on any atom is -0.304 e. The molecule has 1 aromatic heterocycles. The summed E-state index contributed by atoms with van der Waals surface area (Å²) in [6.45, 7) is 0. The first-order valence-electron chi connectivity index (χ1n) is 5.84. The lowest BCUT2D eigenvalue weighted by Gasteiger charge is -2.03. The predicted octanol–water partition coefficient (Wildman–Crippen LogP) is 2.67. The topological polar surface area (TPSA) is 54.4 Å². The molecule has 1 fully saturated rings. The molecule has 4 nitrogen and oxygen atoms in total. The van der Waals surface area contributed by atoms with Crippen molar-refractivity contribution in [3.8, 4) is 0 Å². The maximum Gasteiger partial charge on any atom is 0.244 e. The number of nitrogens with zero attached hydrogens (tertiary/aromatic N) is 2. The summed E-state index contributed by atoms with van der Waals surface area (Å²) in [4.78, 5) is 20.3. The van der Waals surface area contributed by atoms with E-state index < -0.39 is 0 Å². The summed E-state index contributed by atoms with van der Waals surface area (Å²) in [5.41, 5.74) is 1.72. The van der Waals surface area contributed by atoms with E-state index in [2.05, 4.69) is 15.3 Å². The van der Waals surface area contributed by atoms with Gasteiger partial charge < -0.3 is 5.32 Å². The number of carbonyl (C=O) groups excluding carboxylic acids is 1. The molecule has 0 aliphatic carbocycles. The van der Waals surface area contributed by atoms with Crippen molar-refractivity contribution >= 4 is 28.5 Å². The smallest absolute Gasteiger partial charge is 0.244 e. The van der Waals surface area contributed by atoms with Crippen LogP contribution in [-0.4, -0.2) is 16.1 Å². The third-order valence-corrected chi connectivity index (χ3v) is 3.82. The van der Waals surface area contributed by atoms with Gasteiger partial charge in [0, 0.05) is 6.20 Å². The zero-order valence-electron chi connectivity index (χ0n) is 9.98. The second kappa shape index (κ2) is 5.24. The van der Waals surface area contributed by atoms with Crippen molar-refractivity contribution in [2.24, 2.45) is 4.99 Å². The van der Waals surface area contributed by atoms with Crippen LogP contribution in [0.5, 0.6) is 0 Å². The fourth-order valence-electron chi connectivity index (χ4n) is 1.80. The first kappa shape index (κ1) is 11.9. The molecule has 3 rings (SSSR count). The van der Waals surface area contributed by atoms with Crippen molar-refractivity contribution in [1.29, 1.82) is 0 Å². The van der Waals surface area contributed by atoms with Crippen LogP contribution in [0.25, 0.3) is 0 Å². The van der Waals surface area contributed by atoms with Gasteiger partial charge >= 0.3 is 0 Å². The van der Waals surface area contributed by atoms with Gasteiger partial charge in [0.15, 0.2) is 5.17 Å². The highest BCUT2D eigenvalue weighted by Crippen LogP contribution is 2.34. The molecular formula is C14H11N3OS. The highest BCUT2D eigenvalue weighted by Gasteiger charge is 2.31. The number of thioether (sulfide) groups is 1. The molecule has 1 aliphatic rings. The number of amidine groups is 1. The minimum atomic E-state index is -0.225. The number of rotatable bonds is 2. The molecule has 5 heteroatoms. The number of carbonyl (C=O) groups is 1. The Hall–Kier alpha value is -2.14. The normalized spacial score (nSPS) is 20.5. The molecule has 19 heavy (non-hydrogen) atoms. The van der Waals surface area contributed by atoms with Gasteiger partial charge in [-0.15, -0.1) is 0 Å². The number of aromatic nitrogens is 1. The number of hydrogen-bond donors (Lipinski definition) is 1. The molecule has 1 aromatic carbocycles. The van der Waals surface area contributed by atoms with Gasteiger partial charge in [0.1, 0.15) is 5.25 Å². The van der Waals surface area contributed by atoms with Crippen LogP contribution in [0.1, 0.15) is 10.8 Å². The van der Waals surface area contributed by atoms with Crippen molar-refractivity contribution in [1.82, 2.24) is 10.3 Å². The van der Waals surface area contributed by atoms with Gasteiger partial charge in [-0.2, -0.15) is 0 Å². The summed E-state index contributed by atoms with van der Waals surface area (Å²) in [6, 6.07) is 13.4. The van der Waals surface area contributed by atoms with Crippen molar-refractivity contribution < 1.29 is 4.79 Å². The van der Waals surface area contributed by atoms with Gasteiger partial charge in [0.2, 0.25) is 5.91 Å². The zero-order valence-corrected chi connectivity index (χ0v) is 10.8. The molecule has 1 atom stereocenters. The molecule has 0 saturated carbocycles. The van der Waals surface area contributed by atoms with Crippen LogP contribution in [0.2, 0.25) is 0 Å². The molecule has 0 bridgehead atoms. The van der Waals surface area contributed by atoms with E-state index in [-0.39, 0.29) is 11.2 Å². The van der Waals surface area contributed by atoms with Crippen molar-refractivity contribution in [3.05, 3.63) is 60.4 Å². The van der Waals surface area contributed by atoms with Crippen molar-refractivity contribution in [2.45, 2.75) is 5.25 Å². The lowest BCUT2D eigenvalue weighted by atomic mass is 10.1. The van der Waals surface area contributed by atoms with Gasteiger partial charge in [0.25, 0.3) is 0 Å². The Morgan fingerprint density at radius 1 is 1.16 bits per heavy atom. The summed E-state index contributed by atoms with van der Waals surface area (Å²) in [6.07, 6.45) is 3.35. The SMILES string of the molecule is O=C1NC(=Nc2cccnc2)SC1c1ccccc1. The Bertz CT molecular complexity index is 613. The van der Waals surface area contributed by atoms with E-state index in [1.54, 1.807) is 12.4 Å². The van der Waals surface area contributed by atoms with Gasteiger partial charge in [-0.05, 0) is 17.7 Å². The predicted molar refractivity (Wildman–Crippen MR) is 76.2 cm³/mol. The Morgan fingerprint density at radius 2 is 2.00 bits per heavy atom. The number of nitrogens with one attached hydrogen (secondary N) is 1. The second-order valence-corrected chi connectivity index (χ2v) is 5.12. The first-order chi connectivity index (χ1) is 9.33. The third-order valence-electron chi connectivity index (χ3n) is 2.68. The first-order valence-corrected chi connectivity index (χ1v) is 6.72. The number of hydrogen-bond acceptors (Lipinski definition) is 4. The molecular weight excluding hydrogens is 258 g/mol. The van der Waals surface area contributed by atoms with Crippen LogP contribution in [0.4, 0.5) is 5.69 Å². The van der Waals surface area contributed by atoms with Gasteiger partial charge in [-0.3, -0.25) is 9.78 Å². The van der Waals surface area contributed by atoms with Gasteiger partial charge in [0.05, 0.1) is 11.9 Å². The molecule has 1 amide bonds. The van der Waals surface area contributed by atoms with Crippen molar-refractivity contribution in [2.75, 3.05) is 0 Å². The van der Waals surface area contributed by atoms with E-state index in [9.17, 15) is 4.79 Å². The Labute approximate surface area is 115 Å². The maximum absolute atomic E-state index is 11.9. The average Bonchev–Trinajstić information content (AvgIpc) is 2.82. The van der Waals surface area contributed by atoms with E-state index in [0.717, 1.165) is 11.3 Å². The standard InChI is InChI=1S/C14H11N3OS/c18-13-12(10-5-2-1-3-6-10)19-14(17-13)16-11-7-4-8-15-9-11/h1-9,12H,(H,16,17,18). The fraction of sp³-hybridized carbons (Fsp3) is 0.0714. The van der Waals surface area contributed by atoms with Crippen LogP contribution < -0.4 is 5.32 Å². The summed E-state index contributed by atoms with van der Waals surface area (Å²) in [5.74, 6) is -0.0289. The maximum atomic E-state index is 11.9. The molecule has 0 spiro atoms. The quantitative estimate of drug-likeness (QED) is 0.912. The summed E-state index contributed by atoms with van der Waals surface area (Å²) in [7, 11) is 0. The highest BCUT2D eigenvalue weighted by atomic mass is 32.2. The number of amides is 1.